The Balaban J connectivity index is 1.94. The van der Waals surface area contributed by atoms with Crippen molar-refractivity contribution in [2.75, 3.05) is 11.9 Å². The number of hydrogen-bond donors (Lipinski definition) is 1. The molecule has 0 unspecified atom stereocenters. The Labute approximate surface area is 144 Å². The third kappa shape index (κ3) is 3.34. The monoisotopic (exact) mass is 363 g/mol. The summed E-state index contributed by atoms with van der Waals surface area (Å²) in [5.74, 6) is -1.06. The van der Waals surface area contributed by atoms with Crippen molar-refractivity contribution in [3.63, 3.8) is 0 Å². The Morgan fingerprint density at radius 2 is 1.91 bits per heavy atom. The predicted octanol–water partition coefficient (Wildman–Crippen LogP) is 4.02. The zero-order valence-corrected chi connectivity index (χ0v) is 14.7. The highest BCUT2D eigenvalue weighted by Gasteiger charge is 2.69. The van der Waals surface area contributed by atoms with E-state index in [9.17, 15) is 9.59 Å². The summed E-state index contributed by atoms with van der Waals surface area (Å²) in [7, 11) is 0. The van der Waals surface area contributed by atoms with Gasteiger partial charge in [0, 0.05) is 6.42 Å². The summed E-state index contributed by atoms with van der Waals surface area (Å²) in [5, 5.41) is 3.08. The van der Waals surface area contributed by atoms with E-state index < -0.39 is 28.2 Å². The molecule has 0 spiro atoms. The second kappa shape index (κ2) is 5.91. The number of carbonyl (C=O) groups excluding carboxylic acids is 2. The third-order valence-corrected chi connectivity index (χ3v) is 5.14. The van der Waals surface area contributed by atoms with E-state index in [0.717, 1.165) is 11.1 Å². The maximum Gasteiger partial charge on any atom is 0.315 e. The average molecular weight is 365 g/mol. The van der Waals surface area contributed by atoms with Crippen LogP contribution in [0.3, 0.4) is 0 Å². The molecule has 1 amide bonds. The second-order valence-electron chi connectivity index (χ2n) is 5.78. The molecular weight excluding hydrogens is 349 g/mol. The van der Waals surface area contributed by atoms with Crippen LogP contribution in [0.1, 0.15) is 24.5 Å². The normalized spacial score (nSPS) is 22.1. The fourth-order valence-electron chi connectivity index (χ4n) is 2.16. The molecule has 0 radical (unpaired) electrons. The molecule has 120 valence electrons. The Morgan fingerprint density at radius 1 is 1.32 bits per heavy atom. The van der Waals surface area contributed by atoms with Gasteiger partial charge >= 0.3 is 5.97 Å². The Morgan fingerprint density at radius 3 is 2.41 bits per heavy atom. The minimum Gasteiger partial charge on any atom is -0.455 e. The highest BCUT2D eigenvalue weighted by molar-refractivity contribution is 6.53. The molecule has 1 aromatic carbocycles. The molecular formula is C15H16Cl3NO3. The lowest BCUT2D eigenvalue weighted by Crippen LogP contribution is -2.27. The van der Waals surface area contributed by atoms with Crippen molar-refractivity contribution >= 4 is 52.4 Å². The fraction of sp³-hybridized carbons (Fsp3) is 0.467. The first-order chi connectivity index (χ1) is 10.1. The van der Waals surface area contributed by atoms with Crippen molar-refractivity contribution in [3.8, 4) is 0 Å². The van der Waals surface area contributed by atoms with Crippen LogP contribution in [0.2, 0.25) is 5.02 Å². The van der Waals surface area contributed by atoms with Crippen molar-refractivity contribution in [2.24, 2.45) is 5.41 Å². The Bertz CT molecular complexity index is 622. The molecule has 22 heavy (non-hydrogen) atoms. The van der Waals surface area contributed by atoms with E-state index in [4.69, 9.17) is 39.5 Å². The standard InChI is InChI=1S/C15H16Cl3NO3/c1-8-4-9(2)12(10(16)5-8)19-11(20)6-22-13(21)14(3)7-15(14,17)18/h4-5H,6-7H2,1-3H3,(H,19,20)/t14-/m0/s1. The molecule has 1 aliphatic rings. The molecule has 0 bridgehead atoms. The van der Waals surface area contributed by atoms with Crippen LogP contribution in [0.15, 0.2) is 12.1 Å². The summed E-state index contributed by atoms with van der Waals surface area (Å²) >= 11 is 17.9. The average Bonchev–Trinajstić information content (AvgIpc) is 2.91. The predicted molar refractivity (Wildman–Crippen MR) is 87.7 cm³/mol. The summed E-state index contributed by atoms with van der Waals surface area (Å²) in [4.78, 5) is 23.8. The molecule has 1 atom stereocenters. The molecule has 1 saturated carbocycles. The molecule has 0 aromatic heterocycles. The zero-order valence-electron chi connectivity index (χ0n) is 12.4. The summed E-state index contributed by atoms with van der Waals surface area (Å²) in [5.41, 5.74) is 1.39. The van der Waals surface area contributed by atoms with E-state index in [-0.39, 0.29) is 0 Å². The number of alkyl halides is 2. The van der Waals surface area contributed by atoms with E-state index in [1.165, 1.54) is 0 Å². The first-order valence-corrected chi connectivity index (χ1v) is 7.82. The van der Waals surface area contributed by atoms with Gasteiger partial charge in [-0.2, -0.15) is 0 Å². The highest BCUT2D eigenvalue weighted by Crippen LogP contribution is 2.64. The second-order valence-corrected chi connectivity index (χ2v) is 7.67. The van der Waals surface area contributed by atoms with Crippen molar-refractivity contribution in [1.82, 2.24) is 0 Å². The first kappa shape index (κ1) is 17.4. The van der Waals surface area contributed by atoms with Crippen LogP contribution < -0.4 is 5.32 Å². The van der Waals surface area contributed by atoms with Crippen LogP contribution in [0.5, 0.6) is 0 Å². The molecule has 1 aliphatic carbocycles. The molecule has 7 heteroatoms. The van der Waals surface area contributed by atoms with E-state index >= 15 is 0 Å². The van der Waals surface area contributed by atoms with Crippen LogP contribution >= 0.6 is 34.8 Å². The highest BCUT2D eigenvalue weighted by atomic mass is 35.5. The van der Waals surface area contributed by atoms with Gasteiger partial charge in [0.2, 0.25) is 0 Å². The van der Waals surface area contributed by atoms with E-state index in [1.54, 1.807) is 13.0 Å². The van der Waals surface area contributed by atoms with Crippen LogP contribution in [0.4, 0.5) is 5.69 Å². The van der Waals surface area contributed by atoms with Crippen molar-refractivity contribution in [2.45, 2.75) is 31.5 Å². The van der Waals surface area contributed by atoms with Crippen LogP contribution in [0.25, 0.3) is 0 Å². The number of carbonyl (C=O) groups is 2. The SMILES string of the molecule is Cc1cc(C)c(NC(=O)COC(=O)[C@]2(C)CC2(Cl)Cl)c(Cl)c1. The molecule has 2 rings (SSSR count). The van der Waals surface area contributed by atoms with Gasteiger partial charge in [-0.3, -0.25) is 9.59 Å². The molecule has 0 heterocycles. The Hall–Kier alpha value is -0.970. The number of ether oxygens (including phenoxy) is 1. The smallest absolute Gasteiger partial charge is 0.315 e. The van der Waals surface area contributed by atoms with Gasteiger partial charge in [0.15, 0.2) is 6.61 Å². The largest absolute Gasteiger partial charge is 0.455 e. The lowest BCUT2D eigenvalue weighted by atomic mass is 10.1. The lowest BCUT2D eigenvalue weighted by molar-refractivity contribution is -0.152. The number of halogens is 3. The van der Waals surface area contributed by atoms with Gasteiger partial charge in [-0.25, -0.2) is 0 Å². The van der Waals surface area contributed by atoms with Gasteiger partial charge < -0.3 is 10.1 Å². The van der Waals surface area contributed by atoms with E-state index in [1.807, 2.05) is 19.9 Å². The Kier molecular flexibility index (Phi) is 4.67. The zero-order chi connectivity index (χ0) is 16.7. The number of esters is 1. The topological polar surface area (TPSA) is 55.4 Å². The minimum atomic E-state index is -1.11. The molecule has 1 aromatic rings. The van der Waals surface area contributed by atoms with Crippen LogP contribution in [-0.4, -0.2) is 22.8 Å². The summed E-state index contributed by atoms with van der Waals surface area (Å²) in [6.45, 7) is 4.93. The molecule has 0 aliphatic heterocycles. The first-order valence-electron chi connectivity index (χ1n) is 6.68. The number of benzene rings is 1. The number of nitrogens with one attached hydrogen (secondary N) is 1. The lowest BCUT2D eigenvalue weighted by Gasteiger charge is -2.14. The van der Waals surface area contributed by atoms with Gasteiger partial charge in [-0.05, 0) is 38.0 Å². The van der Waals surface area contributed by atoms with Gasteiger partial charge in [0.1, 0.15) is 9.75 Å². The third-order valence-electron chi connectivity index (χ3n) is 3.74. The molecule has 4 nitrogen and oxygen atoms in total. The molecule has 1 N–H and O–H groups in total. The number of amides is 1. The maximum atomic E-state index is 11.9. The maximum absolute atomic E-state index is 11.9. The van der Waals surface area contributed by atoms with Gasteiger partial charge in [-0.1, -0.05) is 17.7 Å². The van der Waals surface area contributed by atoms with Gasteiger partial charge in [-0.15, -0.1) is 23.2 Å². The number of aryl methyl sites for hydroxylation is 2. The summed E-state index contributed by atoms with van der Waals surface area (Å²) in [6.07, 6.45) is 0.312. The van der Waals surface area contributed by atoms with Crippen LogP contribution in [-0.2, 0) is 14.3 Å². The van der Waals surface area contributed by atoms with Crippen LogP contribution in [0, 0.1) is 19.3 Å². The molecule has 0 saturated heterocycles. The fourth-order valence-corrected chi connectivity index (χ4v) is 3.22. The van der Waals surface area contributed by atoms with Crippen molar-refractivity contribution in [3.05, 3.63) is 28.3 Å². The van der Waals surface area contributed by atoms with Crippen molar-refractivity contribution < 1.29 is 14.3 Å². The quantitative estimate of drug-likeness (QED) is 0.648. The number of rotatable bonds is 4. The number of anilines is 1. The minimum absolute atomic E-state index is 0.312. The van der Waals surface area contributed by atoms with Crippen molar-refractivity contribution in [1.29, 1.82) is 0 Å². The number of hydrogen-bond acceptors (Lipinski definition) is 3. The summed E-state index contributed by atoms with van der Waals surface area (Å²) < 4.78 is 3.87. The van der Waals surface area contributed by atoms with E-state index in [2.05, 4.69) is 5.32 Å². The van der Waals surface area contributed by atoms with Gasteiger partial charge in [0.05, 0.1) is 10.7 Å². The van der Waals surface area contributed by atoms with E-state index in [0.29, 0.717) is 17.1 Å². The van der Waals surface area contributed by atoms with Gasteiger partial charge in [0.25, 0.3) is 5.91 Å². The molecule has 1 fully saturated rings. The summed E-state index contributed by atoms with van der Waals surface area (Å²) in [6, 6.07) is 3.64.